The summed E-state index contributed by atoms with van der Waals surface area (Å²) >= 11 is 0. The highest BCUT2D eigenvalue weighted by Gasteiger charge is 2.20. The lowest BCUT2D eigenvalue weighted by atomic mass is 10.0. The number of halogens is 2. The number of carbonyl (C=O) groups excluding carboxylic acids is 1. The van der Waals surface area contributed by atoms with Crippen LogP contribution in [-0.2, 0) is 7.05 Å². The van der Waals surface area contributed by atoms with Gasteiger partial charge in [0.1, 0.15) is 17.3 Å². The molecule has 0 spiro atoms. The first-order valence-electron chi connectivity index (χ1n) is 5.50. The fourth-order valence-electron chi connectivity index (χ4n) is 1.80. The van der Waals surface area contributed by atoms with Crippen LogP contribution in [0.1, 0.15) is 26.4 Å². The molecule has 3 N–H and O–H groups in total. The first-order valence-corrected chi connectivity index (χ1v) is 5.50. The van der Waals surface area contributed by atoms with Crippen LogP contribution in [0.5, 0.6) is 0 Å². The average Bonchev–Trinajstić information content (AvgIpc) is 2.75. The molecule has 0 unspecified atom stereocenters. The predicted molar refractivity (Wildman–Crippen MR) is 66.6 cm³/mol. The average molecular weight is 280 g/mol. The maximum atomic E-state index is 13.6. The number of nitrogens with zero attached hydrogens (tertiary/aromatic N) is 1. The van der Waals surface area contributed by atoms with Crippen LogP contribution in [0, 0.1) is 11.6 Å². The molecule has 104 valence electrons. The van der Waals surface area contributed by atoms with Gasteiger partial charge in [-0.25, -0.2) is 13.6 Å². The lowest BCUT2D eigenvalue weighted by Crippen LogP contribution is -2.06. The van der Waals surface area contributed by atoms with Gasteiger partial charge in [0.15, 0.2) is 5.78 Å². The lowest BCUT2D eigenvalue weighted by Gasteiger charge is -2.03. The molecule has 7 heteroatoms. The van der Waals surface area contributed by atoms with Crippen LogP contribution in [0.15, 0.2) is 24.4 Å². The third-order valence-corrected chi connectivity index (χ3v) is 2.82. The van der Waals surface area contributed by atoms with E-state index in [-0.39, 0.29) is 16.9 Å². The number of hydrogen-bond acceptors (Lipinski definition) is 3. The minimum Gasteiger partial charge on any atom is -0.477 e. The number of aromatic carboxylic acids is 1. The fraction of sp³-hybridized carbons (Fsp3) is 0.0769. The molecular formula is C13H10F2N2O3. The minimum atomic E-state index is -1.22. The predicted octanol–water partition coefficient (Wildman–Crippen LogP) is 1.81. The second-order valence-corrected chi connectivity index (χ2v) is 4.21. The summed E-state index contributed by atoms with van der Waals surface area (Å²) in [5, 5.41) is 8.89. The molecule has 20 heavy (non-hydrogen) atoms. The number of benzene rings is 1. The number of ketones is 1. The summed E-state index contributed by atoms with van der Waals surface area (Å²) in [6.45, 7) is 0. The summed E-state index contributed by atoms with van der Waals surface area (Å²) < 4.78 is 27.9. The zero-order chi connectivity index (χ0) is 15.0. The quantitative estimate of drug-likeness (QED) is 0.663. The number of anilines is 1. The molecule has 1 heterocycles. The molecule has 1 aromatic heterocycles. The van der Waals surface area contributed by atoms with E-state index in [4.69, 9.17) is 10.8 Å². The highest BCUT2D eigenvalue weighted by atomic mass is 19.1. The van der Waals surface area contributed by atoms with Crippen LogP contribution < -0.4 is 5.73 Å². The molecule has 0 saturated heterocycles. The monoisotopic (exact) mass is 280 g/mol. The smallest absolute Gasteiger partial charge is 0.352 e. The lowest BCUT2D eigenvalue weighted by molar-refractivity contribution is 0.0686. The summed E-state index contributed by atoms with van der Waals surface area (Å²) in [6, 6.07) is 2.52. The standard InChI is InChI=1S/C13H10F2N2O3/c1-17-5-6(2-11(17)13(19)20)12(18)7-3-10(16)9(15)4-8(7)14/h2-5H,16H2,1H3,(H,19,20). The number of rotatable bonds is 3. The number of carboxylic acid groups (broad SMARTS) is 1. The number of nitrogen functional groups attached to an aromatic ring is 1. The number of hydrogen-bond donors (Lipinski definition) is 2. The molecule has 0 atom stereocenters. The first-order chi connectivity index (χ1) is 9.31. The Morgan fingerprint density at radius 1 is 1.20 bits per heavy atom. The van der Waals surface area contributed by atoms with Crippen molar-refractivity contribution in [1.29, 1.82) is 0 Å². The van der Waals surface area contributed by atoms with Crippen LogP contribution in [0.4, 0.5) is 14.5 Å². The molecule has 0 aliphatic heterocycles. The van der Waals surface area contributed by atoms with E-state index in [1.807, 2.05) is 0 Å². The Labute approximate surface area is 112 Å². The van der Waals surface area contributed by atoms with Crippen molar-refractivity contribution in [2.24, 2.45) is 7.05 Å². The second kappa shape index (κ2) is 4.76. The van der Waals surface area contributed by atoms with E-state index in [2.05, 4.69) is 0 Å². The minimum absolute atomic E-state index is 0.0187. The van der Waals surface area contributed by atoms with Crippen LogP contribution >= 0.6 is 0 Å². The van der Waals surface area contributed by atoms with Gasteiger partial charge in [-0.15, -0.1) is 0 Å². The Balaban J connectivity index is 2.49. The van der Waals surface area contributed by atoms with E-state index < -0.39 is 29.0 Å². The van der Waals surface area contributed by atoms with Crippen molar-refractivity contribution in [3.63, 3.8) is 0 Å². The zero-order valence-corrected chi connectivity index (χ0v) is 10.4. The van der Waals surface area contributed by atoms with E-state index in [0.29, 0.717) is 6.07 Å². The van der Waals surface area contributed by atoms with Gasteiger partial charge in [0.05, 0.1) is 11.3 Å². The van der Waals surface area contributed by atoms with Crippen LogP contribution in [0.2, 0.25) is 0 Å². The number of carboxylic acids is 1. The molecule has 0 bridgehead atoms. The van der Waals surface area contributed by atoms with Gasteiger partial charge in [-0.05, 0) is 12.1 Å². The number of aryl methyl sites for hydroxylation is 1. The topological polar surface area (TPSA) is 85.3 Å². The Morgan fingerprint density at radius 3 is 2.40 bits per heavy atom. The van der Waals surface area contributed by atoms with Crippen LogP contribution in [0.3, 0.4) is 0 Å². The van der Waals surface area contributed by atoms with Crippen molar-refractivity contribution in [2.45, 2.75) is 0 Å². The molecule has 0 aliphatic carbocycles. The zero-order valence-electron chi connectivity index (χ0n) is 10.4. The molecule has 0 saturated carbocycles. The molecule has 2 rings (SSSR count). The van der Waals surface area contributed by atoms with Gasteiger partial charge in [0.2, 0.25) is 0 Å². The largest absolute Gasteiger partial charge is 0.477 e. The molecule has 0 fully saturated rings. The molecule has 0 aliphatic rings. The van der Waals surface area contributed by atoms with Crippen molar-refractivity contribution < 1.29 is 23.5 Å². The van der Waals surface area contributed by atoms with Gasteiger partial charge in [-0.2, -0.15) is 0 Å². The van der Waals surface area contributed by atoms with Gasteiger partial charge in [-0.1, -0.05) is 0 Å². The highest BCUT2D eigenvalue weighted by Crippen LogP contribution is 2.20. The maximum absolute atomic E-state index is 13.6. The SMILES string of the molecule is Cn1cc(C(=O)c2cc(N)c(F)cc2F)cc1C(=O)O. The molecule has 0 amide bonds. The Morgan fingerprint density at radius 2 is 1.85 bits per heavy atom. The maximum Gasteiger partial charge on any atom is 0.352 e. The molecule has 2 aromatic rings. The van der Waals surface area contributed by atoms with Crippen LogP contribution in [-0.4, -0.2) is 21.4 Å². The van der Waals surface area contributed by atoms with Gasteiger partial charge < -0.3 is 15.4 Å². The van der Waals surface area contributed by atoms with Crippen LogP contribution in [0.25, 0.3) is 0 Å². The van der Waals surface area contributed by atoms with E-state index >= 15 is 0 Å². The van der Waals surface area contributed by atoms with Gasteiger partial charge in [0.25, 0.3) is 0 Å². The van der Waals surface area contributed by atoms with Crippen molar-refractivity contribution in [1.82, 2.24) is 4.57 Å². The number of aromatic nitrogens is 1. The summed E-state index contributed by atoms with van der Waals surface area (Å²) in [5.41, 5.74) is 4.39. The Kier molecular flexibility index (Phi) is 3.27. The molecular weight excluding hydrogens is 270 g/mol. The highest BCUT2D eigenvalue weighted by molar-refractivity contribution is 6.10. The molecule has 0 radical (unpaired) electrons. The summed E-state index contributed by atoms with van der Waals surface area (Å²) in [6.07, 6.45) is 1.25. The third-order valence-electron chi connectivity index (χ3n) is 2.82. The summed E-state index contributed by atoms with van der Waals surface area (Å²) in [4.78, 5) is 23.0. The van der Waals surface area contributed by atoms with Crippen molar-refractivity contribution in [3.8, 4) is 0 Å². The summed E-state index contributed by atoms with van der Waals surface area (Å²) in [5.74, 6) is -4.00. The fourth-order valence-corrected chi connectivity index (χ4v) is 1.80. The van der Waals surface area contributed by atoms with E-state index in [1.54, 1.807) is 0 Å². The van der Waals surface area contributed by atoms with E-state index in [0.717, 1.165) is 12.1 Å². The Bertz CT molecular complexity index is 723. The van der Waals surface area contributed by atoms with E-state index in [9.17, 15) is 18.4 Å². The first kappa shape index (κ1) is 13.7. The molecule has 5 nitrogen and oxygen atoms in total. The second-order valence-electron chi connectivity index (χ2n) is 4.21. The number of nitrogens with two attached hydrogens (primary N) is 1. The van der Waals surface area contributed by atoms with Crippen molar-refractivity contribution in [3.05, 3.63) is 52.9 Å². The third kappa shape index (κ3) is 2.25. The summed E-state index contributed by atoms with van der Waals surface area (Å²) in [7, 11) is 1.44. The van der Waals surface area contributed by atoms with Gasteiger partial charge >= 0.3 is 5.97 Å². The number of carbonyl (C=O) groups is 2. The van der Waals surface area contributed by atoms with Crippen molar-refractivity contribution in [2.75, 3.05) is 5.73 Å². The van der Waals surface area contributed by atoms with Gasteiger partial charge in [-0.3, -0.25) is 4.79 Å². The Hall–Kier alpha value is -2.70. The normalized spacial score (nSPS) is 10.6. The van der Waals surface area contributed by atoms with Gasteiger partial charge in [0, 0.05) is 24.9 Å². The van der Waals surface area contributed by atoms with E-state index in [1.165, 1.54) is 17.8 Å². The molecule has 1 aromatic carbocycles. The van der Waals surface area contributed by atoms with Crippen molar-refractivity contribution >= 4 is 17.4 Å².